The molecule has 7 heteroatoms. The predicted octanol–water partition coefficient (Wildman–Crippen LogP) is 1.40. The van der Waals surface area contributed by atoms with Gasteiger partial charge in [0.05, 0.1) is 24.1 Å². The van der Waals surface area contributed by atoms with Gasteiger partial charge in [0.1, 0.15) is 5.82 Å². The van der Waals surface area contributed by atoms with E-state index < -0.39 is 0 Å². The Morgan fingerprint density at radius 2 is 1.78 bits per heavy atom. The van der Waals surface area contributed by atoms with Crippen molar-refractivity contribution in [3.05, 3.63) is 48.0 Å². The molecule has 2 atom stereocenters. The second-order valence-corrected chi connectivity index (χ2v) is 7.70. The minimum atomic E-state index is -0.374. The van der Waals surface area contributed by atoms with Gasteiger partial charge < -0.3 is 10.2 Å². The lowest BCUT2D eigenvalue weighted by atomic mass is 9.96. The molecule has 2 aromatic rings. The summed E-state index contributed by atoms with van der Waals surface area (Å²) in [7, 11) is 0. The smallest absolute Gasteiger partial charge is 0.123 e. The van der Waals surface area contributed by atoms with Crippen LogP contribution in [0.2, 0.25) is 0 Å². The van der Waals surface area contributed by atoms with Crippen molar-refractivity contribution in [1.29, 1.82) is 0 Å². The average Bonchev–Trinajstić information content (AvgIpc) is 3.12. The molecule has 27 heavy (non-hydrogen) atoms. The maximum Gasteiger partial charge on any atom is 0.123 e. The Labute approximate surface area is 158 Å². The van der Waals surface area contributed by atoms with E-state index in [1.165, 1.54) is 12.1 Å². The van der Waals surface area contributed by atoms with Crippen molar-refractivity contribution in [2.24, 2.45) is 0 Å². The van der Waals surface area contributed by atoms with E-state index in [1.54, 1.807) is 16.8 Å². The van der Waals surface area contributed by atoms with Gasteiger partial charge in [-0.05, 0) is 43.5 Å². The molecule has 6 nitrogen and oxygen atoms in total. The summed E-state index contributed by atoms with van der Waals surface area (Å²) in [5.41, 5.74) is 1.90. The quantitative estimate of drug-likeness (QED) is 0.847. The highest BCUT2D eigenvalue weighted by molar-refractivity contribution is 5.31. The van der Waals surface area contributed by atoms with Crippen LogP contribution in [0.3, 0.4) is 0 Å². The Kier molecular flexibility index (Phi) is 5.54. The number of rotatable bonds is 4. The fraction of sp³-hybridized carbons (Fsp3) is 0.550. The van der Waals surface area contributed by atoms with Crippen molar-refractivity contribution in [2.45, 2.75) is 44.1 Å². The van der Waals surface area contributed by atoms with Gasteiger partial charge in [-0.2, -0.15) is 5.10 Å². The molecular formula is C20H27FN4O2. The lowest BCUT2D eigenvalue weighted by Gasteiger charge is -2.43. The average molecular weight is 374 g/mol. The molecule has 0 unspecified atom stereocenters. The first-order valence-electron chi connectivity index (χ1n) is 9.70. The summed E-state index contributed by atoms with van der Waals surface area (Å²) in [5, 5.41) is 24.7. The van der Waals surface area contributed by atoms with E-state index in [4.69, 9.17) is 0 Å². The number of halogens is 1. The predicted molar refractivity (Wildman–Crippen MR) is 100 cm³/mol. The molecule has 0 spiro atoms. The number of aromatic nitrogens is 2. The molecule has 0 aliphatic carbocycles. The Morgan fingerprint density at radius 3 is 2.48 bits per heavy atom. The van der Waals surface area contributed by atoms with E-state index in [1.807, 2.05) is 12.4 Å². The first-order chi connectivity index (χ1) is 13.1. The normalized spacial score (nSPS) is 25.7. The number of hydrogen-bond donors (Lipinski definition) is 2. The van der Waals surface area contributed by atoms with E-state index in [2.05, 4.69) is 14.9 Å². The molecule has 2 fully saturated rings. The maximum absolute atomic E-state index is 13.1. The van der Waals surface area contributed by atoms with Gasteiger partial charge in [0.15, 0.2) is 0 Å². The van der Waals surface area contributed by atoms with Crippen LogP contribution in [0, 0.1) is 5.82 Å². The summed E-state index contributed by atoms with van der Waals surface area (Å²) < 4.78 is 14.8. The third kappa shape index (κ3) is 4.38. The Hall–Kier alpha value is -1.80. The van der Waals surface area contributed by atoms with Crippen molar-refractivity contribution in [3.63, 3.8) is 0 Å². The highest BCUT2D eigenvalue weighted by Gasteiger charge is 2.33. The van der Waals surface area contributed by atoms with Crippen LogP contribution in [-0.2, 0) is 6.54 Å². The fourth-order valence-electron chi connectivity index (χ4n) is 4.21. The molecule has 2 saturated heterocycles. The molecule has 2 N–H and O–H groups in total. The van der Waals surface area contributed by atoms with Gasteiger partial charge >= 0.3 is 0 Å². The molecule has 2 aliphatic rings. The molecule has 0 amide bonds. The zero-order valence-corrected chi connectivity index (χ0v) is 15.4. The molecule has 0 saturated carbocycles. The number of likely N-dealkylation sites (tertiary alicyclic amines) is 2. The third-order valence-corrected chi connectivity index (χ3v) is 5.73. The van der Waals surface area contributed by atoms with Gasteiger partial charge in [0, 0.05) is 50.5 Å². The fourth-order valence-corrected chi connectivity index (χ4v) is 4.21. The topological polar surface area (TPSA) is 64.8 Å². The Balaban J connectivity index is 1.33. The molecule has 146 valence electrons. The van der Waals surface area contributed by atoms with Crippen molar-refractivity contribution in [2.75, 3.05) is 26.2 Å². The number of β-amino-alcohol motifs (C(OH)–C–C–N with tert-alkyl or cyclic N) is 1. The number of nitrogens with zero attached hydrogens (tertiary/aromatic N) is 4. The summed E-state index contributed by atoms with van der Waals surface area (Å²) in [5.74, 6) is -0.258. The monoisotopic (exact) mass is 374 g/mol. The van der Waals surface area contributed by atoms with Crippen LogP contribution in [0.1, 0.15) is 24.8 Å². The Bertz CT molecular complexity index is 743. The van der Waals surface area contributed by atoms with Crippen LogP contribution in [0.4, 0.5) is 4.39 Å². The largest absolute Gasteiger partial charge is 0.393 e. The lowest BCUT2D eigenvalue weighted by molar-refractivity contribution is -0.0355. The van der Waals surface area contributed by atoms with Crippen molar-refractivity contribution >= 4 is 0 Å². The standard InChI is InChI=1S/C20H27FN4O2/c21-16-1-3-17(4-2-16)25-13-15(11-22-25)12-23-8-7-19(20(27)14-23)24-9-5-18(26)6-10-24/h1-4,11,13,18-20,26-27H,5-10,12,14H2/t19-,20-/m1/s1. The number of hydrogen-bond acceptors (Lipinski definition) is 5. The van der Waals surface area contributed by atoms with E-state index >= 15 is 0 Å². The van der Waals surface area contributed by atoms with Gasteiger partial charge in [-0.25, -0.2) is 9.07 Å². The molecule has 4 rings (SSSR count). The van der Waals surface area contributed by atoms with E-state index in [0.717, 1.165) is 56.7 Å². The number of piperidine rings is 2. The highest BCUT2D eigenvalue weighted by atomic mass is 19.1. The molecular weight excluding hydrogens is 347 g/mol. The minimum Gasteiger partial charge on any atom is -0.393 e. The van der Waals surface area contributed by atoms with Gasteiger partial charge in [-0.15, -0.1) is 0 Å². The summed E-state index contributed by atoms with van der Waals surface area (Å²) in [6.45, 7) is 4.05. The van der Waals surface area contributed by atoms with Crippen molar-refractivity contribution in [3.8, 4) is 5.69 Å². The molecule has 1 aromatic heterocycles. The molecule has 0 radical (unpaired) electrons. The maximum atomic E-state index is 13.1. The van der Waals surface area contributed by atoms with Crippen LogP contribution in [0.25, 0.3) is 5.69 Å². The summed E-state index contributed by atoms with van der Waals surface area (Å²) in [6.07, 6.45) is 5.76. The van der Waals surface area contributed by atoms with Gasteiger partial charge in [-0.1, -0.05) is 0 Å². The van der Waals surface area contributed by atoms with E-state index in [0.29, 0.717) is 6.54 Å². The lowest BCUT2D eigenvalue weighted by Crippen LogP contribution is -2.55. The van der Waals surface area contributed by atoms with Crippen LogP contribution in [0.15, 0.2) is 36.7 Å². The van der Waals surface area contributed by atoms with Crippen LogP contribution < -0.4 is 0 Å². The Morgan fingerprint density at radius 1 is 1.04 bits per heavy atom. The van der Waals surface area contributed by atoms with Crippen molar-refractivity contribution in [1.82, 2.24) is 19.6 Å². The van der Waals surface area contributed by atoms with Crippen LogP contribution >= 0.6 is 0 Å². The van der Waals surface area contributed by atoms with E-state index in [9.17, 15) is 14.6 Å². The summed E-state index contributed by atoms with van der Waals surface area (Å²) >= 11 is 0. The van der Waals surface area contributed by atoms with Gasteiger partial charge in [-0.3, -0.25) is 9.80 Å². The minimum absolute atomic E-state index is 0.184. The summed E-state index contributed by atoms with van der Waals surface area (Å²) in [4.78, 5) is 4.59. The first kappa shape index (κ1) is 18.6. The molecule has 3 heterocycles. The van der Waals surface area contributed by atoms with Crippen LogP contribution in [-0.4, -0.2) is 74.2 Å². The summed E-state index contributed by atoms with van der Waals surface area (Å²) in [6, 6.07) is 6.46. The van der Waals surface area contributed by atoms with E-state index in [-0.39, 0.29) is 24.1 Å². The van der Waals surface area contributed by atoms with Crippen LogP contribution in [0.5, 0.6) is 0 Å². The van der Waals surface area contributed by atoms with Gasteiger partial charge in [0.25, 0.3) is 0 Å². The zero-order chi connectivity index (χ0) is 18.8. The second-order valence-electron chi connectivity index (χ2n) is 7.70. The number of aliphatic hydroxyl groups is 2. The first-order valence-corrected chi connectivity index (χ1v) is 9.70. The second kappa shape index (κ2) is 8.06. The van der Waals surface area contributed by atoms with Gasteiger partial charge in [0.2, 0.25) is 0 Å². The van der Waals surface area contributed by atoms with Crippen molar-refractivity contribution < 1.29 is 14.6 Å². The SMILES string of the molecule is OC1CCN([C@@H]2CCN(Cc3cnn(-c4ccc(F)cc4)c3)C[C@H]2O)CC1. The number of aliphatic hydroxyl groups excluding tert-OH is 2. The number of benzene rings is 1. The molecule has 2 aliphatic heterocycles. The highest BCUT2D eigenvalue weighted by Crippen LogP contribution is 2.23. The zero-order valence-electron chi connectivity index (χ0n) is 15.4. The molecule has 1 aromatic carbocycles. The molecule has 0 bridgehead atoms. The third-order valence-electron chi connectivity index (χ3n) is 5.73.